The summed E-state index contributed by atoms with van der Waals surface area (Å²) < 4.78 is 5.22. The highest BCUT2D eigenvalue weighted by Crippen LogP contribution is 2.32. The zero-order valence-corrected chi connectivity index (χ0v) is 12.6. The lowest BCUT2D eigenvalue weighted by atomic mass is 10.1. The fourth-order valence-electron chi connectivity index (χ4n) is 2.41. The molecular formula is C13H14ClN5O3. The first kappa shape index (κ1) is 14.9. The average molecular weight is 324 g/mol. The third kappa shape index (κ3) is 2.80. The molecule has 0 spiro atoms. The van der Waals surface area contributed by atoms with Crippen LogP contribution >= 0.6 is 11.6 Å². The number of hydrogen-bond acceptors (Lipinski definition) is 7. The summed E-state index contributed by atoms with van der Waals surface area (Å²) in [5.41, 5.74) is 0.109. The molecule has 0 saturated carbocycles. The van der Waals surface area contributed by atoms with E-state index in [2.05, 4.69) is 20.4 Å². The molecule has 1 atom stereocenters. The molecule has 2 heterocycles. The van der Waals surface area contributed by atoms with Crippen molar-refractivity contribution in [1.29, 1.82) is 0 Å². The van der Waals surface area contributed by atoms with Crippen molar-refractivity contribution in [2.75, 3.05) is 26.7 Å². The Bertz CT molecular complexity index is 705. The second kappa shape index (κ2) is 5.99. The van der Waals surface area contributed by atoms with Crippen molar-refractivity contribution in [1.82, 2.24) is 20.4 Å². The first-order chi connectivity index (χ1) is 10.6. The van der Waals surface area contributed by atoms with Gasteiger partial charge in [0.2, 0.25) is 0 Å². The molecule has 1 aromatic carbocycles. The summed E-state index contributed by atoms with van der Waals surface area (Å²) >= 11 is 5.81. The van der Waals surface area contributed by atoms with Crippen molar-refractivity contribution in [3.05, 3.63) is 39.2 Å². The van der Waals surface area contributed by atoms with Gasteiger partial charge in [0, 0.05) is 30.7 Å². The molecular weight excluding hydrogens is 310 g/mol. The normalized spacial score (nSPS) is 19.3. The Morgan fingerprint density at radius 3 is 3.09 bits per heavy atom. The maximum Gasteiger partial charge on any atom is 0.283 e. The second-order valence-corrected chi connectivity index (χ2v) is 5.51. The van der Waals surface area contributed by atoms with Crippen molar-refractivity contribution in [3.8, 4) is 11.5 Å². The Hall–Kier alpha value is -2.03. The summed E-state index contributed by atoms with van der Waals surface area (Å²) in [6.45, 7) is 2.48. The van der Waals surface area contributed by atoms with Crippen LogP contribution in [0.5, 0.6) is 0 Å². The average Bonchev–Trinajstić information content (AvgIpc) is 2.97. The third-order valence-corrected chi connectivity index (χ3v) is 3.87. The van der Waals surface area contributed by atoms with Crippen LogP contribution in [0.25, 0.3) is 11.5 Å². The fraction of sp³-hybridized carbons (Fsp3) is 0.385. The van der Waals surface area contributed by atoms with Crippen LogP contribution in [-0.4, -0.2) is 46.6 Å². The van der Waals surface area contributed by atoms with E-state index in [-0.39, 0.29) is 28.2 Å². The topological polar surface area (TPSA) is 97.3 Å². The fourth-order valence-corrected chi connectivity index (χ4v) is 2.58. The highest BCUT2D eigenvalue weighted by Gasteiger charge is 2.27. The number of nitro groups is 1. The largest absolute Gasteiger partial charge is 0.334 e. The minimum atomic E-state index is -0.515. The van der Waals surface area contributed by atoms with E-state index < -0.39 is 4.92 Å². The van der Waals surface area contributed by atoms with E-state index >= 15 is 0 Å². The van der Waals surface area contributed by atoms with Crippen LogP contribution in [0, 0.1) is 10.1 Å². The second-order valence-electron chi connectivity index (χ2n) is 5.08. The Morgan fingerprint density at radius 1 is 1.55 bits per heavy atom. The van der Waals surface area contributed by atoms with Gasteiger partial charge < -0.3 is 9.84 Å². The van der Waals surface area contributed by atoms with Gasteiger partial charge in [0.1, 0.15) is 5.56 Å². The molecule has 0 aliphatic carbocycles. The predicted molar refractivity (Wildman–Crippen MR) is 79.6 cm³/mol. The predicted octanol–water partition coefficient (Wildman–Crippen LogP) is 1.87. The number of piperazine rings is 1. The van der Waals surface area contributed by atoms with E-state index in [9.17, 15) is 10.1 Å². The van der Waals surface area contributed by atoms with Gasteiger partial charge in [-0.15, -0.1) is 0 Å². The van der Waals surface area contributed by atoms with E-state index in [0.717, 1.165) is 13.1 Å². The molecule has 1 unspecified atom stereocenters. The van der Waals surface area contributed by atoms with Crippen molar-refractivity contribution in [2.45, 2.75) is 6.04 Å². The van der Waals surface area contributed by atoms with Crippen molar-refractivity contribution < 1.29 is 9.45 Å². The van der Waals surface area contributed by atoms with Crippen LogP contribution < -0.4 is 5.32 Å². The number of benzene rings is 1. The van der Waals surface area contributed by atoms with Crippen LogP contribution in [0.2, 0.25) is 5.02 Å². The number of aromatic nitrogens is 2. The van der Waals surface area contributed by atoms with Gasteiger partial charge in [-0.25, -0.2) is 0 Å². The molecule has 2 aromatic rings. The molecule has 8 nitrogen and oxygen atoms in total. The molecule has 0 bridgehead atoms. The van der Waals surface area contributed by atoms with E-state index in [0.29, 0.717) is 12.4 Å². The molecule has 3 rings (SSSR count). The van der Waals surface area contributed by atoms with E-state index in [1.54, 1.807) is 6.07 Å². The maximum absolute atomic E-state index is 11.1. The minimum absolute atomic E-state index is 0.0161. The first-order valence-corrected chi connectivity index (χ1v) is 7.13. The Labute approximate surface area is 131 Å². The molecule has 1 aromatic heterocycles. The zero-order valence-electron chi connectivity index (χ0n) is 11.8. The van der Waals surface area contributed by atoms with Crippen LogP contribution in [-0.2, 0) is 0 Å². The summed E-state index contributed by atoms with van der Waals surface area (Å²) in [7, 11) is 1.98. The van der Waals surface area contributed by atoms with Gasteiger partial charge in [-0.1, -0.05) is 16.8 Å². The summed E-state index contributed by atoms with van der Waals surface area (Å²) in [4.78, 5) is 17.1. The van der Waals surface area contributed by atoms with E-state index in [1.165, 1.54) is 12.1 Å². The van der Waals surface area contributed by atoms with Gasteiger partial charge in [-0.3, -0.25) is 15.0 Å². The van der Waals surface area contributed by atoms with Crippen LogP contribution in [0.1, 0.15) is 11.9 Å². The molecule has 0 amide bonds. The molecule has 22 heavy (non-hydrogen) atoms. The van der Waals surface area contributed by atoms with Crippen molar-refractivity contribution in [2.24, 2.45) is 0 Å². The number of hydrogen-bond donors (Lipinski definition) is 1. The lowest BCUT2D eigenvalue weighted by molar-refractivity contribution is -0.384. The Morgan fingerprint density at radius 2 is 2.36 bits per heavy atom. The van der Waals surface area contributed by atoms with Gasteiger partial charge in [0.25, 0.3) is 11.6 Å². The summed E-state index contributed by atoms with van der Waals surface area (Å²) in [5.74, 6) is 0.631. The monoisotopic (exact) mass is 323 g/mol. The van der Waals surface area contributed by atoms with Gasteiger partial charge in [0.15, 0.2) is 5.82 Å². The number of nitrogens with one attached hydrogen (secondary N) is 1. The molecule has 1 aliphatic rings. The van der Waals surface area contributed by atoms with E-state index in [4.69, 9.17) is 16.1 Å². The van der Waals surface area contributed by atoms with Crippen LogP contribution in [0.15, 0.2) is 22.7 Å². The zero-order chi connectivity index (χ0) is 15.7. The quantitative estimate of drug-likeness (QED) is 0.680. The number of rotatable bonds is 3. The van der Waals surface area contributed by atoms with Crippen LogP contribution in [0.4, 0.5) is 5.69 Å². The van der Waals surface area contributed by atoms with Crippen LogP contribution in [0.3, 0.4) is 0 Å². The highest BCUT2D eigenvalue weighted by atomic mass is 35.5. The Kier molecular flexibility index (Phi) is 4.06. The van der Waals surface area contributed by atoms with Crippen molar-refractivity contribution in [3.63, 3.8) is 0 Å². The maximum atomic E-state index is 11.1. The third-order valence-electron chi connectivity index (χ3n) is 3.64. The SMILES string of the molecule is CN1CCNCC1c1noc(-c2ccc(Cl)cc2[N+](=O)[O-])n1. The lowest BCUT2D eigenvalue weighted by Crippen LogP contribution is -2.44. The molecule has 1 fully saturated rings. The number of nitrogens with zero attached hydrogens (tertiary/aromatic N) is 4. The molecule has 1 saturated heterocycles. The Balaban J connectivity index is 1.96. The van der Waals surface area contributed by atoms with Crippen molar-refractivity contribution >= 4 is 17.3 Å². The van der Waals surface area contributed by atoms with Gasteiger partial charge in [-0.2, -0.15) is 4.98 Å². The number of likely N-dealkylation sites (N-methyl/N-ethyl adjacent to an activating group) is 1. The molecule has 0 radical (unpaired) electrons. The van der Waals surface area contributed by atoms with Gasteiger partial charge >= 0.3 is 0 Å². The molecule has 1 N–H and O–H groups in total. The minimum Gasteiger partial charge on any atom is -0.334 e. The van der Waals surface area contributed by atoms with Gasteiger partial charge in [0.05, 0.1) is 11.0 Å². The highest BCUT2D eigenvalue weighted by molar-refractivity contribution is 6.30. The molecule has 9 heteroatoms. The standard InChI is InChI=1S/C13H14ClN5O3/c1-18-5-4-15-7-11(18)12-16-13(22-17-12)9-3-2-8(14)6-10(9)19(20)21/h2-3,6,11,15H,4-5,7H2,1H3. The first-order valence-electron chi connectivity index (χ1n) is 6.75. The smallest absolute Gasteiger partial charge is 0.283 e. The van der Waals surface area contributed by atoms with Gasteiger partial charge in [-0.05, 0) is 19.2 Å². The number of halogens is 1. The van der Waals surface area contributed by atoms with E-state index in [1.807, 2.05) is 7.05 Å². The summed E-state index contributed by atoms with van der Waals surface area (Å²) in [5, 5.41) is 18.7. The summed E-state index contributed by atoms with van der Waals surface area (Å²) in [6, 6.07) is 4.33. The molecule has 1 aliphatic heterocycles. The molecule has 116 valence electrons. The lowest BCUT2D eigenvalue weighted by Gasteiger charge is -2.30. The summed E-state index contributed by atoms with van der Waals surface area (Å²) in [6.07, 6.45) is 0. The number of nitro benzene ring substituents is 1.